The van der Waals surface area contributed by atoms with Crippen molar-refractivity contribution >= 4 is 11.9 Å². The van der Waals surface area contributed by atoms with Crippen LogP contribution in [0.1, 0.15) is 20.3 Å². The zero-order valence-corrected chi connectivity index (χ0v) is 11.9. The zero-order chi connectivity index (χ0) is 16.6. The number of carbonyl (C=O) groups is 2. The second-order valence-electron chi connectivity index (χ2n) is 3.86. The molecule has 1 atom stereocenters. The number of nitrogens with one attached hydrogen (secondary N) is 1. The Hall–Kier alpha value is -1.48. The van der Waals surface area contributed by atoms with Crippen molar-refractivity contribution in [3.8, 4) is 0 Å². The third-order valence-corrected chi connectivity index (χ3v) is 1.23. The fourth-order valence-electron chi connectivity index (χ4n) is 0.536. The lowest BCUT2D eigenvalue weighted by Gasteiger charge is -1.97. The summed E-state index contributed by atoms with van der Waals surface area (Å²) in [4.78, 5) is 19.4. The van der Waals surface area contributed by atoms with Crippen molar-refractivity contribution in [1.29, 1.82) is 0 Å². The molecule has 0 aliphatic rings. The van der Waals surface area contributed by atoms with Crippen LogP contribution in [0.3, 0.4) is 0 Å². The lowest BCUT2D eigenvalue weighted by atomic mass is 10.3. The molecule has 0 aromatic carbocycles. The van der Waals surface area contributed by atoms with Gasteiger partial charge in [-0.15, -0.1) is 6.58 Å². The highest BCUT2D eigenvalue weighted by atomic mass is 16.4. The van der Waals surface area contributed by atoms with Gasteiger partial charge in [0, 0.05) is 13.1 Å². The molecule has 8 nitrogen and oxygen atoms in total. The molecule has 0 bridgehead atoms. The number of aliphatic carboxylic acids is 2. The van der Waals surface area contributed by atoms with E-state index in [-0.39, 0.29) is 13.2 Å². The first-order chi connectivity index (χ1) is 9.18. The van der Waals surface area contributed by atoms with Gasteiger partial charge in [0.05, 0.1) is 19.6 Å². The second-order valence-corrected chi connectivity index (χ2v) is 3.86. The minimum Gasteiger partial charge on any atom is -0.481 e. The number of hydrogen-bond donors (Lipinski definition) is 6. The molecule has 0 radical (unpaired) electrons. The number of allylic oxidation sites excluding steroid dienone is 1. The molecule has 0 aromatic heterocycles. The summed E-state index contributed by atoms with van der Waals surface area (Å²) in [5, 5.41) is 43.2. The fourth-order valence-corrected chi connectivity index (χ4v) is 0.536. The van der Waals surface area contributed by atoms with Crippen LogP contribution in [0, 0.1) is 0 Å². The summed E-state index contributed by atoms with van der Waals surface area (Å²) < 4.78 is 0. The third-order valence-electron chi connectivity index (χ3n) is 1.23. The van der Waals surface area contributed by atoms with E-state index >= 15 is 0 Å². The quantitative estimate of drug-likeness (QED) is 0.260. The first kappa shape index (κ1) is 23.6. The van der Waals surface area contributed by atoms with E-state index in [1.165, 1.54) is 5.57 Å². The Labute approximate surface area is 118 Å². The molecule has 0 aromatic rings. The van der Waals surface area contributed by atoms with Crippen LogP contribution in [0.15, 0.2) is 12.2 Å². The molecule has 0 aliphatic carbocycles. The average Bonchev–Trinajstić information content (AvgIpc) is 2.29. The molecule has 0 fully saturated rings. The van der Waals surface area contributed by atoms with Crippen molar-refractivity contribution in [1.82, 2.24) is 5.32 Å². The van der Waals surface area contributed by atoms with Gasteiger partial charge in [-0.2, -0.15) is 0 Å². The molecule has 120 valence electrons. The van der Waals surface area contributed by atoms with Gasteiger partial charge < -0.3 is 30.8 Å². The Morgan fingerprint density at radius 1 is 1.10 bits per heavy atom. The lowest BCUT2D eigenvalue weighted by molar-refractivity contribution is -0.152. The Morgan fingerprint density at radius 3 is 1.60 bits per heavy atom. The van der Waals surface area contributed by atoms with Crippen LogP contribution in [0.5, 0.6) is 0 Å². The Kier molecular flexibility index (Phi) is 20.7. The van der Waals surface area contributed by atoms with Gasteiger partial charge in [-0.05, 0) is 13.8 Å². The van der Waals surface area contributed by atoms with Gasteiger partial charge in [-0.1, -0.05) is 5.57 Å². The van der Waals surface area contributed by atoms with E-state index in [2.05, 4.69) is 11.9 Å². The van der Waals surface area contributed by atoms with Gasteiger partial charge >= 0.3 is 11.9 Å². The Balaban J connectivity index is -0.000000234. The highest BCUT2D eigenvalue weighted by Crippen LogP contribution is 1.89. The number of carboxylic acids is 2. The molecule has 6 N–H and O–H groups in total. The maximum Gasteiger partial charge on any atom is 0.333 e. The van der Waals surface area contributed by atoms with Gasteiger partial charge in [-0.3, -0.25) is 4.79 Å². The molecule has 0 heterocycles. The largest absolute Gasteiger partial charge is 0.481 e. The molecule has 0 rings (SSSR count). The van der Waals surface area contributed by atoms with Gasteiger partial charge in [0.15, 0.2) is 6.10 Å². The van der Waals surface area contributed by atoms with Crippen LogP contribution >= 0.6 is 0 Å². The zero-order valence-electron chi connectivity index (χ0n) is 11.9. The van der Waals surface area contributed by atoms with Gasteiger partial charge in [0.2, 0.25) is 0 Å². The van der Waals surface area contributed by atoms with Crippen LogP contribution in [0.2, 0.25) is 0 Å². The Bertz CT molecular complexity index is 261. The molecule has 8 heteroatoms. The third kappa shape index (κ3) is 36.0. The smallest absolute Gasteiger partial charge is 0.333 e. The maximum atomic E-state index is 9.72. The molecule has 1 unspecified atom stereocenters. The molecule has 0 spiro atoms. The Morgan fingerprint density at radius 2 is 1.45 bits per heavy atom. The summed E-state index contributed by atoms with van der Waals surface area (Å²) in [6.45, 7) is 8.92. The number of aliphatic hydroxyl groups excluding tert-OH is 3. The molecule has 0 aliphatic heterocycles. The van der Waals surface area contributed by atoms with Crippen molar-refractivity contribution in [2.45, 2.75) is 26.4 Å². The second kappa shape index (κ2) is 17.5. The average molecular weight is 295 g/mol. The van der Waals surface area contributed by atoms with Crippen LogP contribution in [-0.4, -0.2) is 69.9 Å². The number of aliphatic hydroxyl groups is 3. The highest BCUT2D eigenvalue weighted by Gasteiger charge is 2.16. The van der Waals surface area contributed by atoms with Crippen LogP contribution in [-0.2, 0) is 9.59 Å². The molecule has 0 saturated carbocycles. The first-order valence-corrected chi connectivity index (χ1v) is 5.86. The van der Waals surface area contributed by atoms with E-state index in [0.29, 0.717) is 13.1 Å². The SMILES string of the molecule is C=C(C)C.O=C(O)CC(O)C(=O)O.OCCNCCO. The summed E-state index contributed by atoms with van der Waals surface area (Å²) in [6.07, 6.45) is -2.54. The molecule has 0 saturated heterocycles. The van der Waals surface area contributed by atoms with Crippen molar-refractivity contribution in [2.75, 3.05) is 26.3 Å². The lowest BCUT2D eigenvalue weighted by Crippen LogP contribution is -2.22. The summed E-state index contributed by atoms with van der Waals surface area (Å²) in [5.74, 6) is -2.85. The first-order valence-electron chi connectivity index (χ1n) is 5.86. The summed E-state index contributed by atoms with van der Waals surface area (Å²) in [5.41, 5.74) is 1.17. The van der Waals surface area contributed by atoms with E-state index in [0.717, 1.165) is 0 Å². The van der Waals surface area contributed by atoms with Crippen molar-refractivity contribution < 1.29 is 35.1 Å². The molecular formula is C12H25NO7. The predicted octanol–water partition coefficient (Wildman–Crippen LogP) is -0.950. The van der Waals surface area contributed by atoms with Gasteiger partial charge in [0.25, 0.3) is 0 Å². The van der Waals surface area contributed by atoms with E-state index in [1.807, 2.05) is 13.8 Å². The van der Waals surface area contributed by atoms with E-state index < -0.39 is 24.5 Å². The highest BCUT2D eigenvalue weighted by molar-refractivity contribution is 5.79. The van der Waals surface area contributed by atoms with Crippen LogP contribution < -0.4 is 5.32 Å². The molecular weight excluding hydrogens is 270 g/mol. The number of hydrogen-bond acceptors (Lipinski definition) is 6. The van der Waals surface area contributed by atoms with E-state index in [9.17, 15) is 9.59 Å². The van der Waals surface area contributed by atoms with Gasteiger partial charge in [-0.25, -0.2) is 4.79 Å². The summed E-state index contributed by atoms with van der Waals surface area (Å²) in [6, 6.07) is 0. The molecule has 0 amide bonds. The maximum absolute atomic E-state index is 9.72. The fraction of sp³-hybridized carbons (Fsp3) is 0.667. The van der Waals surface area contributed by atoms with E-state index in [4.69, 9.17) is 25.5 Å². The number of rotatable bonds is 7. The van der Waals surface area contributed by atoms with Crippen molar-refractivity contribution in [3.63, 3.8) is 0 Å². The monoisotopic (exact) mass is 295 g/mol. The van der Waals surface area contributed by atoms with Crippen molar-refractivity contribution in [3.05, 3.63) is 12.2 Å². The number of carboxylic acid groups (broad SMARTS) is 2. The van der Waals surface area contributed by atoms with Crippen LogP contribution in [0.4, 0.5) is 0 Å². The standard InChI is InChI=1S/C4H11NO2.C4H6O5.C4H8/c6-3-1-5-2-4-7;5-2(4(8)9)1-3(6)7;1-4(2)3/h5-7H,1-4H2;2,5H,1H2,(H,6,7)(H,8,9);1H2,2-3H3. The summed E-state index contributed by atoms with van der Waals surface area (Å²) >= 11 is 0. The topological polar surface area (TPSA) is 147 Å². The van der Waals surface area contributed by atoms with Crippen molar-refractivity contribution in [2.24, 2.45) is 0 Å². The van der Waals surface area contributed by atoms with Crippen LogP contribution in [0.25, 0.3) is 0 Å². The predicted molar refractivity (Wildman–Crippen MR) is 73.4 cm³/mol. The minimum atomic E-state index is -1.79. The molecule has 20 heavy (non-hydrogen) atoms. The normalized spacial score (nSPS) is 10.2. The van der Waals surface area contributed by atoms with E-state index in [1.54, 1.807) is 0 Å². The van der Waals surface area contributed by atoms with Gasteiger partial charge in [0.1, 0.15) is 0 Å². The minimum absolute atomic E-state index is 0.139. The summed E-state index contributed by atoms with van der Waals surface area (Å²) in [7, 11) is 0.